The molecule has 0 radical (unpaired) electrons. The Bertz CT molecular complexity index is 1050. The van der Waals surface area contributed by atoms with Crippen molar-refractivity contribution in [1.82, 2.24) is 9.80 Å². The highest BCUT2D eigenvalue weighted by Crippen LogP contribution is 2.60. The van der Waals surface area contributed by atoms with E-state index < -0.39 is 17.4 Å². The molecule has 0 bridgehead atoms. The Morgan fingerprint density at radius 3 is 2.55 bits per heavy atom. The van der Waals surface area contributed by atoms with Gasteiger partial charge in [-0.2, -0.15) is 0 Å². The van der Waals surface area contributed by atoms with Gasteiger partial charge in [-0.25, -0.2) is 0 Å². The standard InChI is InChI=1S/C23H21N3O3/c27-20-18-17-11-6-12-26(17)23(15-9-4-5-10-16(15)24-22(23)29)19(18)21(28)25(20)13-14-7-2-1-3-8-14/h1-5,7-10,17-19H,6,11-13H2,(H,24,29)/t17-,18+,19-,23+/m0/s1. The van der Waals surface area contributed by atoms with Crippen LogP contribution >= 0.6 is 0 Å². The lowest BCUT2D eigenvalue weighted by Crippen LogP contribution is -2.54. The molecule has 4 aliphatic rings. The Hall–Kier alpha value is -2.99. The molecule has 6 rings (SSSR count). The Labute approximate surface area is 168 Å². The first-order valence-corrected chi connectivity index (χ1v) is 10.2. The van der Waals surface area contributed by atoms with Gasteiger partial charge in [-0.15, -0.1) is 0 Å². The van der Waals surface area contributed by atoms with Crippen molar-refractivity contribution in [1.29, 1.82) is 0 Å². The molecule has 29 heavy (non-hydrogen) atoms. The second-order valence-corrected chi connectivity index (χ2v) is 8.42. The van der Waals surface area contributed by atoms with Crippen LogP contribution in [0, 0.1) is 11.8 Å². The number of nitrogens with zero attached hydrogens (tertiary/aromatic N) is 2. The fourth-order valence-electron chi connectivity index (χ4n) is 6.14. The van der Waals surface area contributed by atoms with Gasteiger partial charge in [0.15, 0.2) is 0 Å². The monoisotopic (exact) mass is 387 g/mol. The number of likely N-dealkylation sites (tertiary alicyclic amines) is 1. The van der Waals surface area contributed by atoms with Gasteiger partial charge in [0.05, 0.1) is 18.4 Å². The van der Waals surface area contributed by atoms with E-state index in [0.717, 1.165) is 36.2 Å². The van der Waals surface area contributed by atoms with Gasteiger partial charge in [-0.05, 0) is 31.0 Å². The summed E-state index contributed by atoms with van der Waals surface area (Å²) < 4.78 is 0. The smallest absolute Gasteiger partial charge is 0.250 e. The van der Waals surface area contributed by atoms with Gasteiger partial charge in [-0.3, -0.25) is 24.2 Å². The highest BCUT2D eigenvalue weighted by molar-refractivity contribution is 6.15. The predicted molar refractivity (Wildman–Crippen MR) is 105 cm³/mol. The van der Waals surface area contributed by atoms with E-state index in [4.69, 9.17) is 0 Å². The highest BCUT2D eigenvalue weighted by atomic mass is 16.2. The van der Waals surface area contributed by atoms with E-state index in [1.54, 1.807) is 0 Å². The molecule has 4 heterocycles. The summed E-state index contributed by atoms with van der Waals surface area (Å²) >= 11 is 0. The van der Waals surface area contributed by atoms with Gasteiger partial charge in [0.25, 0.3) is 0 Å². The summed E-state index contributed by atoms with van der Waals surface area (Å²) in [5.41, 5.74) is 1.45. The minimum absolute atomic E-state index is 0.0610. The fraction of sp³-hybridized carbons (Fsp3) is 0.348. The second kappa shape index (κ2) is 5.76. The van der Waals surface area contributed by atoms with E-state index >= 15 is 0 Å². The van der Waals surface area contributed by atoms with Gasteiger partial charge in [0.1, 0.15) is 5.54 Å². The van der Waals surface area contributed by atoms with Crippen LogP contribution in [-0.4, -0.2) is 40.1 Å². The van der Waals surface area contributed by atoms with Gasteiger partial charge in [0.2, 0.25) is 17.7 Å². The van der Waals surface area contributed by atoms with Crippen LogP contribution in [0.3, 0.4) is 0 Å². The van der Waals surface area contributed by atoms with Gasteiger partial charge < -0.3 is 5.32 Å². The summed E-state index contributed by atoms with van der Waals surface area (Å²) in [6.07, 6.45) is 1.78. The Morgan fingerprint density at radius 1 is 0.966 bits per heavy atom. The van der Waals surface area contributed by atoms with E-state index in [1.807, 2.05) is 54.6 Å². The van der Waals surface area contributed by atoms with Crippen LogP contribution in [0.15, 0.2) is 54.6 Å². The molecule has 0 unspecified atom stereocenters. The molecule has 2 aromatic rings. The van der Waals surface area contributed by atoms with Crippen molar-refractivity contribution in [2.24, 2.45) is 11.8 Å². The number of rotatable bonds is 2. The molecule has 3 amide bonds. The molecule has 2 aromatic carbocycles. The van der Waals surface area contributed by atoms with Crippen molar-refractivity contribution in [2.45, 2.75) is 31.0 Å². The van der Waals surface area contributed by atoms with Crippen molar-refractivity contribution < 1.29 is 14.4 Å². The minimum Gasteiger partial charge on any atom is -0.324 e. The molecule has 3 saturated heterocycles. The number of carbonyl (C=O) groups excluding carboxylic acids is 3. The maximum absolute atomic E-state index is 13.6. The molecular formula is C23H21N3O3. The fourth-order valence-corrected chi connectivity index (χ4v) is 6.14. The number of fused-ring (bicyclic) bond motifs is 7. The molecule has 0 saturated carbocycles. The lowest BCUT2D eigenvalue weighted by molar-refractivity contribution is -0.146. The van der Waals surface area contributed by atoms with Crippen LogP contribution in [0.2, 0.25) is 0 Å². The largest absolute Gasteiger partial charge is 0.324 e. The van der Waals surface area contributed by atoms with Gasteiger partial charge in [-0.1, -0.05) is 48.5 Å². The van der Waals surface area contributed by atoms with Crippen LogP contribution < -0.4 is 5.32 Å². The zero-order valence-corrected chi connectivity index (χ0v) is 15.9. The topological polar surface area (TPSA) is 69.7 Å². The Morgan fingerprint density at radius 2 is 1.72 bits per heavy atom. The number of hydrogen-bond acceptors (Lipinski definition) is 4. The third-order valence-corrected chi connectivity index (χ3v) is 7.17. The van der Waals surface area contributed by atoms with Crippen LogP contribution in [0.1, 0.15) is 24.0 Å². The Kier molecular flexibility index (Phi) is 3.36. The predicted octanol–water partition coefficient (Wildman–Crippen LogP) is 2.11. The first kappa shape index (κ1) is 16.9. The maximum Gasteiger partial charge on any atom is 0.250 e. The number of benzene rings is 2. The maximum atomic E-state index is 13.6. The van der Waals surface area contributed by atoms with Crippen molar-refractivity contribution in [3.8, 4) is 0 Å². The lowest BCUT2D eigenvalue weighted by Gasteiger charge is -2.36. The van der Waals surface area contributed by atoms with Crippen molar-refractivity contribution in [3.63, 3.8) is 0 Å². The quantitative estimate of drug-likeness (QED) is 0.802. The summed E-state index contributed by atoms with van der Waals surface area (Å²) in [7, 11) is 0. The molecule has 4 aliphatic heterocycles. The molecule has 4 atom stereocenters. The molecule has 1 N–H and O–H groups in total. The highest BCUT2D eigenvalue weighted by Gasteiger charge is 2.74. The number of hydrogen-bond donors (Lipinski definition) is 1. The number of anilines is 1. The van der Waals surface area contributed by atoms with E-state index in [-0.39, 0.29) is 30.3 Å². The normalized spacial score (nSPS) is 32.6. The van der Waals surface area contributed by atoms with Crippen LogP contribution in [0.25, 0.3) is 0 Å². The SMILES string of the molecule is O=C1[C@H]2[C@@H](C(=O)N1Cc1ccccc1)[C@]1(C(=O)Nc3ccccc31)N1CCC[C@@H]21. The average Bonchev–Trinajstić information content (AvgIpc) is 3.44. The lowest BCUT2D eigenvalue weighted by atomic mass is 9.75. The molecule has 0 aromatic heterocycles. The first-order chi connectivity index (χ1) is 14.1. The van der Waals surface area contributed by atoms with E-state index in [9.17, 15) is 14.4 Å². The van der Waals surface area contributed by atoms with Crippen LogP contribution in [-0.2, 0) is 26.5 Å². The molecule has 6 nitrogen and oxygen atoms in total. The molecular weight excluding hydrogens is 366 g/mol. The summed E-state index contributed by atoms with van der Waals surface area (Å²) in [6, 6.07) is 17.1. The van der Waals surface area contributed by atoms with Crippen LogP contribution in [0.5, 0.6) is 0 Å². The molecule has 6 heteroatoms. The third-order valence-electron chi connectivity index (χ3n) is 7.17. The molecule has 0 aliphatic carbocycles. The van der Waals surface area contributed by atoms with Gasteiger partial charge in [0, 0.05) is 17.3 Å². The number of nitrogens with one attached hydrogen (secondary N) is 1. The summed E-state index contributed by atoms with van der Waals surface area (Å²) in [5.74, 6) is -1.63. The van der Waals surface area contributed by atoms with Gasteiger partial charge >= 0.3 is 0 Å². The average molecular weight is 387 g/mol. The number of para-hydroxylation sites is 1. The van der Waals surface area contributed by atoms with Crippen molar-refractivity contribution >= 4 is 23.4 Å². The van der Waals surface area contributed by atoms with E-state index in [2.05, 4.69) is 10.2 Å². The minimum atomic E-state index is -1.07. The number of imide groups is 1. The first-order valence-electron chi connectivity index (χ1n) is 10.2. The zero-order valence-electron chi connectivity index (χ0n) is 15.9. The van der Waals surface area contributed by atoms with Crippen molar-refractivity contribution in [3.05, 3.63) is 65.7 Å². The zero-order chi connectivity index (χ0) is 19.8. The van der Waals surface area contributed by atoms with Crippen molar-refractivity contribution in [2.75, 3.05) is 11.9 Å². The van der Waals surface area contributed by atoms with E-state index in [1.165, 1.54) is 4.90 Å². The third kappa shape index (κ3) is 1.97. The van der Waals surface area contributed by atoms with E-state index in [0.29, 0.717) is 0 Å². The van der Waals surface area contributed by atoms with Crippen LogP contribution in [0.4, 0.5) is 5.69 Å². The molecule has 3 fully saturated rings. The second-order valence-electron chi connectivity index (χ2n) is 8.42. The molecule has 146 valence electrons. The number of carbonyl (C=O) groups is 3. The summed E-state index contributed by atoms with van der Waals surface area (Å²) in [5, 5.41) is 2.99. The summed E-state index contributed by atoms with van der Waals surface area (Å²) in [6.45, 7) is 0.996. The summed E-state index contributed by atoms with van der Waals surface area (Å²) in [4.78, 5) is 44.1. The molecule has 1 spiro atoms. The Balaban J connectivity index is 1.49. The number of amides is 3.